The Hall–Kier alpha value is -2.75. The number of allylic oxidation sites excluding steroid dienone is 1. The van der Waals surface area contributed by atoms with E-state index < -0.39 is 0 Å². The Labute approximate surface area is 149 Å². The summed E-state index contributed by atoms with van der Waals surface area (Å²) in [7, 11) is 3.22. The van der Waals surface area contributed by atoms with Gasteiger partial charge in [-0.1, -0.05) is 13.0 Å². The summed E-state index contributed by atoms with van der Waals surface area (Å²) in [6.07, 6.45) is 4.29. The molecule has 2 rings (SSSR count). The van der Waals surface area contributed by atoms with Gasteiger partial charge in [0.05, 0.1) is 20.8 Å². The highest BCUT2D eigenvalue weighted by Gasteiger charge is 2.08. The molecule has 0 aromatic heterocycles. The highest BCUT2D eigenvalue weighted by atomic mass is 16.5. The Balaban J connectivity index is 2.17. The molecule has 0 saturated carbocycles. The summed E-state index contributed by atoms with van der Waals surface area (Å²) in [5.74, 6) is 2.12. The second kappa shape index (κ2) is 8.92. The molecular formula is C21H24O4. The van der Waals surface area contributed by atoms with Gasteiger partial charge in [-0.2, -0.15) is 0 Å². The van der Waals surface area contributed by atoms with Crippen molar-refractivity contribution in [3.8, 4) is 17.2 Å². The van der Waals surface area contributed by atoms with Gasteiger partial charge >= 0.3 is 0 Å². The molecule has 0 spiro atoms. The smallest absolute Gasteiger partial charge is 0.185 e. The maximum absolute atomic E-state index is 12.4. The van der Waals surface area contributed by atoms with Crippen molar-refractivity contribution in [1.29, 1.82) is 0 Å². The molecule has 2 aromatic rings. The Morgan fingerprint density at radius 3 is 2.36 bits per heavy atom. The van der Waals surface area contributed by atoms with Crippen LogP contribution in [0.4, 0.5) is 0 Å². The van der Waals surface area contributed by atoms with Crippen LogP contribution in [-0.4, -0.2) is 26.6 Å². The van der Waals surface area contributed by atoms with Crippen LogP contribution in [0.15, 0.2) is 42.5 Å². The van der Waals surface area contributed by atoms with Crippen molar-refractivity contribution in [2.45, 2.75) is 20.3 Å². The predicted molar refractivity (Wildman–Crippen MR) is 99.9 cm³/mol. The van der Waals surface area contributed by atoms with Gasteiger partial charge in [-0.3, -0.25) is 4.79 Å². The maximum atomic E-state index is 12.4. The average molecular weight is 340 g/mol. The van der Waals surface area contributed by atoms with E-state index in [4.69, 9.17) is 14.2 Å². The number of carbonyl (C=O) groups is 1. The fraction of sp³-hybridized carbons (Fsp3) is 0.286. The van der Waals surface area contributed by atoms with Crippen LogP contribution < -0.4 is 14.2 Å². The molecule has 4 heteroatoms. The third-order valence-electron chi connectivity index (χ3n) is 3.86. The van der Waals surface area contributed by atoms with Crippen LogP contribution in [0.5, 0.6) is 17.2 Å². The lowest BCUT2D eigenvalue weighted by molar-refractivity contribution is 0.104. The Morgan fingerprint density at radius 2 is 1.76 bits per heavy atom. The Kier molecular flexibility index (Phi) is 6.63. The van der Waals surface area contributed by atoms with Crippen LogP contribution in [0.3, 0.4) is 0 Å². The lowest BCUT2D eigenvalue weighted by atomic mass is 10.0. The van der Waals surface area contributed by atoms with E-state index in [9.17, 15) is 4.79 Å². The molecule has 0 aliphatic rings. The summed E-state index contributed by atoms with van der Waals surface area (Å²) >= 11 is 0. The van der Waals surface area contributed by atoms with Crippen LogP contribution in [0.1, 0.15) is 34.8 Å². The highest BCUT2D eigenvalue weighted by Crippen LogP contribution is 2.29. The highest BCUT2D eigenvalue weighted by molar-refractivity contribution is 6.07. The van der Waals surface area contributed by atoms with E-state index in [0.717, 1.165) is 29.0 Å². The first-order valence-corrected chi connectivity index (χ1v) is 8.27. The van der Waals surface area contributed by atoms with E-state index in [-0.39, 0.29) is 5.78 Å². The van der Waals surface area contributed by atoms with Gasteiger partial charge in [0.25, 0.3) is 0 Å². The van der Waals surface area contributed by atoms with E-state index in [2.05, 4.69) is 6.92 Å². The summed E-state index contributed by atoms with van der Waals surface area (Å²) in [5.41, 5.74) is 2.45. The van der Waals surface area contributed by atoms with Gasteiger partial charge in [0, 0.05) is 11.6 Å². The van der Waals surface area contributed by atoms with Crippen molar-refractivity contribution in [1.82, 2.24) is 0 Å². The molecular weight excluding hydrogens is 316 g/mol. The lowest BCUT2D eigenvalue weighted by Crippen LogP contribution is -1.97. The van der Waals surface area contributed by atoms with E-state index in [0.29, 0.717) is 17.9 Å². The van der Waals surface area contributed by atoms with Gasteiger partial charge in [-0.05, 0) is 60.9 Å². The number of hydrogen-bond donors (Lipinski definition) is 0. The van der Waals surface area contributed by atoms with Crippen LogP contribution >= 0.6 is 0 Å². The normalized spacial score (nSPS) is 10.7. The first-order valence-electron chi connectivity index (χ1n) is 8.27. The SMILES string of the molecule is CCCOc1ccc(C(=O)/C=C/c2cc(OC)cc(OC)c2C)cc1. The summed E-state index contributed by atoms with van der Waals surface area (Å²) < 4.78 is 16.2. The molecule has 0 aliphatic carbocycles. The van der Waals surface area contributed by atoms with E-state index in [1.807, 2.05) is 31.2 Å². The molecule has 0 amide bonds. The van der Waals surface area contributed by atoms with Crippen LogP contribution in [0, 0.1) is 6.92 Å². The van der Waals surface area contributed by atoms with Gasteiger partial charge < -0.3 is 14.2 Å². The number of benzene rings is 2. The number of methoxy groups -OCH3 is 2. The molecule has 0 radical (unpaired) electrons. The zero-order chi connectivity index (χ0) is 18.2. The molecule has 132 valence electrons. The number of ether oxygens (including phenoxy) is 3. The predicted octanol–water partition coefficient (Wildman–Crippen LogP) is 4.70. The molecule has 2 aromatic carbocycles. The van der Waals surface area contributed by atoms with Crippen molar-refractivity contribution in [2.24, 2.45) is 0 Å². The molecule has 0 bridgehead atoms. The molecule has 0 atom stereocenters. The minimum atomic E-state index is -0.0665. The third kappa shape index (κ3) is 4.86. The van der Waals surface area contributed by atoms with Crippen LogP contribution in [0.2, 0.25) is 0 Å². The second-order valence-electron chi connectivity index (χ2n) is 5.61. The number of carbonyl (C=O) groups excluding carboxylic acids is 1. The number of rotatable bonds is 8. The van der Waals surface area contributed by atoms with Gasteiger partial charge in [0.1, 0.15) is 17.2 Å². The summed E-state index contributed by atoms with van der Waals surface area (Å²) in [5, 5.41) is 0. The summed E-state index contributed by atoms with van der Waals surface area (Å²) in [6.45, 7) is 4.67. The number of ketones is 1. The van der Waals surface area contributed by atoms with Gasteiger partial charge in [0.2, 0.25) is 0 Å². The van der Waals surface area contributed by atoms with E-state index >= 15 is 0 Å². The molecule has 0 N–H and O–H groups in total. The van der Waals surface area contributed by atoms with Crippen molar-refractivity contribution >= 4 is 11.9 Å². The summed E-state index contributed by atoms with van der Waals surface area (Å²) in [4.78, 5) is 12.4. The molecule has 0 saturated heterocycles. The molecule has 0 heterocycles. The quantitative estimate of drug-likeness (QED) is 0.516. The third-order valence-corrected chi connectivity index (χ3v) is 3.86. The molecule has 0 aliphatic heterocycles. The topological polar surface area (TPSA) is 44.8 Å². The first-order chi connectivity index (χ1) is 12.1. The van der Waals surface area contributed by atoms with Crippen molar-refractivity contribution in [3.05, 3.63) is 59.2 Å². The van der Waals surface area contributed by atoms with Gasteiger partial charge in [-0.15, -0.1) is 0 Å². The Bertz CT molecular complexity index is 745. The average Bonchev–Trinajstić information content (AvgIpc) is 2.65. The summed E-state index contributed by atoms with van der Waals surface area (Å²) in [6, 6.07) is 10.9. The number of hydrogen-bond acceptors (Lipinski definition) is 4. The minimum absolute atomic E-state index is 0.0665. The van der Waals surface area contributed by atoms with Crippen molar-refractivity contribution in [2.75, 3.05) is 20.8 Å². The lowest BCUT2D eigenvalue weighted by Gasteiger charge is -2.10. The Morgan fingerprint density at radius 1 is 1.04 bits per heavy atom. The van der Waals surface area contributed by atoms with Crippen molar-refractivity contribution < 1.29 is 19.0 Å². The minimum Gasteiger partial charge on any atom is -0.497 e. The maximum Gasteiger partial charge on any atom is 0.185 e. The van der Waals surface area contributed by atoms with E-state index in [1.165, 1.54) is 0 Å². The molecule has 0 unspecified atom stereocenters. The second-order valence-corrected chi connectivity index (χ2v) is 5.61. The standard InChI is InChI=1S/C21H24O4/c1-5-12-25-18-9-6-16(7-10-18)20(22)11-8-17-13-19(23-3)14-21(24-4)15(17)2/h6-11,13-14H,5,12H2,1-4H3/b11-8+. The fourth-order valence-electron chi connectivity index (χ4n) is 2.38. The first kappa shape index (κ1) is 18.6. The zero-order valence-electron chi connectivity index (χ0n) is 15.2. The van der Waals surface area contributed by atoms with Crippen LogP contribution in [-0.2, 0) is 0 Å². The molecule has 4 nitrogen and oxygen atoms in total. The van der Waals surface area contributed by atoms with Gasteiger partial charge in [0.15, 0.2) is 5.78 Å². The largest absolute Gasteiger partial charge is 0.497 e. The molecule has 25 heavy (non-hydrogen) atoms. The van der Waals surface area contributed by atoms with Crippen LogP contribution in [0.25, 0.3) is 6.08 Å². The van der Waals surface area contributed by atoms with E-state index in [1.54, 1.807) is 38.5 Å². The van der Waals surface area contributed by atoms with Crippen molar-refractivity contribution in [3.63, 3.8) is 0 Å². The fourth-order valence-corrected chi connectivity index (χ4v) is 2.38. The monoisotopic (exact) mass is 340 g/mol. The molecule has 0 fully saturated rings. The van der Waals surface area contributed by atoms with Gasteiger partial charge in [-0.25, -0.2) is 0 Å². The zero-order valence-corrected chi connectivity index (χ0v) is 15.2.